The molecule has 2 amide bonds. The summed E-state index contributed by atoms with van der Waals surface area (Å²) >= 11 is 1.68. The van der Waals surface area contributed by atoms with E-state index in [0.717, 1.165) is 27.8 Å². The van der Waals surface area contributed by atoms with Crippen LogP contribution in [0.2, 0.25) is 0 Å². The maximum Gasteiger partial charge on any atom is 0.318 e. The van der Waals surface area contributed by atoms with Gasteiger partial charge in [-0.3, -0.25) is 0 Å². The lowest BCUT2D eigenvalue weighted by atomic mass is 10.2. The molecular formula is C15H21N3O2S. The number of hydrogen-bond acceptors (Lipinski definition) is 4. The van der Waals surface area contributed by atoms with E-state index in [2.05, 4.69) is 17.2 Å². The fourth-order valence-corrected chi connectivity index (χ4v) is 3.16. The molecule has 2 heterocycles. The zero-order valence-electron chi connectivity index (χ0n) is 12.8. The normalized spacial score (nSPS) is 12.2. The summed E-state index contributed by atoms with van der Waals surface area (Å²) in [6, 6.07) is 3.52. The number of rotatable bonds is 5. The summed E-state index contributed by atoms with van der Waals surface area (Å²) in [7, 11) is 1.80. The Kier molecular flexibility index (Phi) is 5.01. The Morgan fingerprint density at radius 3 is 2.90 bits per heavy atom. The van der Waals surface area contributed by atoms with Crippen LogP contribution in [-0.2, 0) is 13.0 Å². The molecule has 2 aromatic heterocycles. The Hall–Kier alpha value is -1.82. The SMILES string of the molecule is CCc1nc(C)c([C@H](C)N(C)C(=O)NCc2ccco2)s1. The summed E-state index contributed by atoms with van der Waals surface area (Å²) < 4.78 is 5.20. The van der Waals surface area contributed by atoms with E-state index < -0.39 is 0 Å². The molecule has 21 heavy (non-hydrogen) atoms. The van der Waals surface area contributed by atoms with Crippen molar-refractivity contribution in [2.24, 2.45) is 0 Å². The van der Waals surface area contributed by atoms with Crippen LogP contribution in [0.1, 0.15) is 41.2 Å². The van der Waals surface area contributed by atoms with E-state index in [4.69, 9.17) is 4.42 Å². The second-order valence-electron chi connectivity index (χ2n) is 4.94. The van der Waals surface area contributed by atoms with Gasteiger partial charge in [-0.05, 0) is 32.4 Å². The molecule has 114 valence electrons. The van der Waals surface area contributed by atoms with Crippen molar-refractivity contribution in [1.29, 1.82) is 0 Å². The number of thiazole rings is 1. The van der Waals surface area contributed by atoms with Crippen molar-refractivity contribution >= 4 is 17.4 Å². The fourth-order valence-electron chi connectivity index (χ4n) is 2.06. The quantitative estimate of drug-likeness (QED) is 0.919. The number of hydrogen-bond donors (Lipinski definition) is 1. The maximum absolute atomic E-state index is 12.2. The molecule has 0 aliphatic heterocycles. The number of aromatic nitrogens is 1. The van der Waals surface area contributed by atoms with Crippen LogP contribution in [0, 0.1) is 6.92 Å². The van der Waals surface area contributed by atoms with Crippen LogP contribution in [0.25, 0.3) is 0 Å². The van der Waals surface area contributed by atoms with E-state index in [1.807, 2.05) is 19.9 Å². The molecule has 2 aromatic rings. The Morgan fingerprint density at radius 1 is 1.57 bits per heavy atom. The second-order valence-corrected chi connectivity index (χ2v) is 6.05. The standard InChI is InChI=1S/C15H21N3O2S/c1-5-13-17-10(2)14(21-13)11(3)18(4)15(19)16-9-12-7-6-8-20-12/h6-8,11H,5,9H2,1-4H3,(H,16,19)/t11-/m0/s1. The third kappa shape index (κ3) is 3.64. The van der Waals surface area contributed by atoms with Gasteiger partial charge in [0.15, 0.2) is 0 Å². The number of carbonyl (C=O) groups is 1. The molecule has 6 heteroatoms. The van der Waals surface area contributed by atoms with E-state index in [-0.39, 0.29) is 12.1 Å². The van der Waals surface area contributed by atoms with Gasteiger partial charge in [-0.2, -0.15) is 0 Å². The van der Waals surface area contributed by atoms with Crippen LogP contribution in [0.15, 0.2) is 22.8 Å². The summed E-state index contributed by atoms with van der Waals surface area (Å²) in [5, 5.41) is 3.96. The van der Waals surface area contributed by atoms with Gasteiger partial charge in [-0.1, -0.05) is 6.92 Å². The molecule has 0 aliphatic carbocycles. The van der Waals surface area contributed by atoms with Crippen LogP contribution in [0.5, 0.6) is 0 Å². The van der Waals surface area contributed by atoms with Crippen molar-refractivity contribution in [2.45, 2.75) is 39.8 Å². The van der Waals surface area contributed by atoms with Gasteiger partial charge in [0.25, 0.3) is 0 Å². The highest BCUT2D eigenvalue weighted by atomic mass is 32.1. The molecule has 0 radical (unpaired) electrons. The van der Waals surface area contributed by atoms with E-state index in [9.17, 15) is 4.79 Å². The van der Waals surface area contributed by atoms with Gasteiger partial charge in [0.05, 0.1) is 29.6 Å². The number of nitrogens with zero attached hydrogens (tertiary/aromatic N) is 2. The first-order valence-electron chi connectivity index (χ1n) is 7.02. The van der Waals surface area contributed by atoms with Crippen molar-refractivity contribution in [3.63, 3.8) is 0 Å². The first kappa shape index (κ1) is 15.6. The minimum atomic E-state index is -0.121. The Balaban J connectivity index is 1.98. The lowest BCUT2D eigenvalue weighted by molar-refractivity contribution is 0.193. The Labute approximate surface area is 129 Å². The van der Waals surface area contributed by atoms with Crippen molar-refractivity contribution in [3.05, 3.63) is 39.7 Å². The van der Waals surface area contributed by atoms with Crippen LogP contribution >= 0.6 is 11.3 Å². The zero-order chi connectivity index (χ0) is 15.4. The van der Waals surface area contributed by atoms with Gasteiger partial charge >= 0.3 is 6.03 Å². The summed E-state index contributed by atoms with van der Waals surface area (Å²) in [6.07, 6.45) is 2.52. The summed E-state index contributed by atoms with van der Waals surface area (Å²) in [4.78, 5) is 19.6. The summed E-state index contributed by atoms with van der Waals surface area (Å²) in [6.45, 7) is 6.50. The molecule has 0 unspecified atom stereocenters. The molecule has 0 bridgehead atoms. The molecule has 2 rings (SSSR count). The average Bonchev–Trinajstić information content (AvgIpc) is 3.12. The van der Waals surface area contributed by atoms with Gasteiger partial charge < -0.3 is 14.6 Å². The molecule has 5 nitrogen and oxygen atoms in total. The van der Waals surface area contributed by atoms with Crippen molar-refractivity contribution < 1.29 is 9.21 Å². The monoisotopic (exact) mass is 307 g/mol. The van der Waals surface area contributed by atoms with E-state index >= 15 is 0 Å². The first-order valence-corrected chi connectivity index (χ1v) is 7.83. The van der Waals surface area contributed by atoms with Crippen molar-refractivity contribution in [1.82, 2.24) is 15.2 Å². The summed E-state index contributed by atoms with van der Waals surface area (Å²) in [5.41, 5.74) is 1.01. The predicted octanol–water partition coefficient (Wildman–Crippen LogP) is 3.51. The van der Waals surface area contributed by atoms with Crippen LogP contribution in [0.4, 0.5) is 4.79 Å². The average molecular weight is 307 g/mol. The molecule has 0 spiro atoms. The Bertz CT molecular complexity index is 592. The number of aryl methyl sites for hydroxylation is 2. The lowest BCUT2D eigenvalue weighted by Gasteiger charge is -2.24. The van der Waals surface area contributed by atoms with Crippen molar-refractivity contribution in [2.75, 3.05) is 7.05 Å². The highest BCUT2D eigenvalue weighted by Crippen LogP contribution is 2.28. The van der Waals surface area contributed by atoms with Gasteiger partial charge in [0.2, 0.25) is 0 Å². The van der Waals surface area contributed by atoms with E-state index in [0.29, 0.717) is 6.54 Å². The smallest absolute Gasteiger partial charge is 0.318 e. The minimum absolute atomic E-state index is 0.000555. The highest BCUT2D eigenvalue weighted by molar-refractivity contribution is 7.11. The van der Waals surface area contributed by atoms with Crippen molar-refractivity contribution in [3.8, 4) is 0 Å². The predicted molar refractivity (Wildman–Crippen MR) is 83.4 cm³/mol. The van der Waals surface area contributed by atoms with Crippen LogP contribution in [0.3, 0.4) is 0 Å². The van der Waals surface area contributed by atoms with Gasteiger partial charge in [0, 0.05) is 11.9 Å². The number of amides is 2. The van der Waals surface area contributed by atoms with E-state index in [1.165, 1.54) is 0 Å². The Morgan fingerprint density at radius 2 is 2.33 bits per heavy atom. The minimum Gasteiger partial charge on any atom is -0.467 e. The molecule has 0 saturated carbocycles. The number of urea groups is 1. The van der Waals surface area contributed by atoms with Crippen LogP contribution in [-0.4, -0.2) is 23.0 Å². The van der Waals surface area contributed by atoms with Gasteiger partial charge in [-0.25, -0.2) is 9.78 Å². The third-order valence-electron chi connectivity index (χ3n) is 3.45. The molecule has 1 atom stereocenters. The molecule has 0 aromatic carbocycles. The molecule has 1 N–H and O–H groups in total. The molecule has 0 aliphatic rings. The molecular weight excluding hydrogens is 286 g/mol. The van der Waals surface area contributed by atoms with Crippen LogP contribution < -0.4 is 5.32 Å². The lowest BCUT2D eigenvalue weighted by Crippen LogP contribution is -2.38. The third-order valence-corrected chi connectivity index (χ3v) is 4.93. The molecule has 0 saturated heterocycles. The fraction of sp³-hybridized carbons (Fsp3) is 0.467. The number of furan rings is 1. The molecule has 0 fully saturated rings. The number of carbonyl (C=O) groups excluding carboxylic acids is 1. The number of nitrogens with one attached hydrogen (secondary N) is 1. The van der Waals surface area contributed by atoms with Gasteiger partial charge in [-0.15, -0.1) is 11.3 Å². The zero-order valence-corrected chi connectivity index (χ0v) is 13.7. The first-order chi connectivity index (χ1) is 10.0. The topological polar surface area (TPSA) is 58.4 Å². The van der Waals surface area contributed by atoms with E-state index in [1.54, 1.807) is 35.6 Å². The highest BCUT2D eigenvalue weighted by Gasteiger charge is 2.21. The second kappa shape index (κ2) is 6.76. The van der Waals surface area contributed by atoms with Gasteiger partial charge in [0.1, 0.15) is 5.76 Å². The maximum atomic E-state index is 12.2. The largest absolute Gasteiger partial charge is 0.467 e. The summed E-state index contributed by atoms with van der Waals surface area (Å²) in [5.74, 6) is 0.742.